The fourth-order valence-corrected chi connectivity index (χ4v) is 4.94. The van der Waals surface area contributed by atoms with E-state index in [4.69, 9.17) is 10.00 Å². The lowest BCUT2D eigenvalue weighted by Crippen LogP contribution is -2.29. The van der Waals surface area contributed by atoms with Gasteiger partial charge >= 0.3 is 5.97 Å². The first kappa shape index (κ1) is 20.6. The van der Waals surface area contributed by atoms with Crippen molar-refractivity contribution < 1.29 is 13.9 Å². The highest BCUT2D eigenvalue weighted by Gasteiger charge is 2.32. The number of allylic oxidation sites excluding steroid dienone is 1. The maximum absolute atomic E-state index is 13.9. The molecule has 150 valence electrons. The molecule has 2 fully saturated rings. The predicted molar refractivity (Wildman–Crippen MR) is 107 cm³/mol. The zero-order valence-corrected chi connectivity index (χ0v) is 16.5. The van der Waals surface area contributed by atoms with Gasteiger partial charge in [0.15, 0.2) is 0 Å². The largest absolute Gasteiger partial charge is 0.462 e. The average Bonchev–Trinajstić information content (AvgIpc) is 2.73. The molecule has 1 aromatic carbocycles. The fraction of sp³-hybridized carbons (Fsp3) is 0.583. The standard InChI is InChI=1S/C24H30FNO2/c1-2-3-4-24(27)28-22-13-11-18(12-14-22)17-5-7-19(8-6-17)20-9-10-21(16-26)23(25)15-20/h2,9-10,15,17-19,22H,1,3-8,11-14H2/t17-,18-,19-,22-. The normalized spacial score (nSPS) is 27.6. The van der Waals surface area contributed by atoms with E-state index in [0.29, 0.717) is 18.8 Å². The molecule has 1 aromatic rings. The Kier molecular flexibility index (Phi) is 7.25. The molecule has 0 bridgehead atoms. The average molecular weight is 384 g/mol. The lowest BCUT2D eigenvalue weighted by molar-refractivity contribution is -0.151. The summed E-state index contributed by atoms with van der Waals surface area (Å²) in [5.74, 6) is 1.36. The zero-order chi connectivity index (χ0) is 19.9. The molecule has 0 heterocycles. The van der Waals surface area contributed by atoms with E-state index in [1.807, 2.05) is 12.1 Å². The summed E-state index contributed by atoms with van der Waals surface area (Å²) in [4.78, 5) is 11.8. The number of nitriles is 1. The van der Waals surface area contributed by atoms with Crippen molar-refractivity contribution in [3.63, 3.8) is 0 Å². The molecule has 0 aliphatic heterocycles. The predicted octanol–water partition coefficient (Wildman–Crippen LogP) is 6.04. The fourth-order valence-electron chi connectivity index (χ4n) is 4.94. The van der Waals surface area contributed by atoms with Gasteiger partial charge in [0.1, 0.15) is 18.0 Å². The molecule has 3 nitrogen and oxygen atoms in total. The van der Waals surface area contributed by atoms with Crippen LogP contribution >= 0.6 is 0 Å². The summed E-state index contributed by atoms with van der Waals surface area (Å²) in [6.07, 6.45) is 11.7. The Bertz CT molecular complexity index is 723. The van der Waals surface area contributed by atoms with Gasteiger partial charge in [0, 0.05) is 6.42 Å². The molecule has 0 radical (unpaired) electrons. The molecule has 0 aromatic heterocycles. The number of ether oxygens (including phenoxy) is 1. The summed E-state index contributed by atoms with van der Waals surface area (Å²) in [5.41, 5.74) is 1.16. The summed E-state index contributed by atoms with van der Waals surface area (Å²) >= 11 is 0. The minimum atomic E-state index is -0.400. The minimum Gasteiger partial charge on any atom is -0.462 e. The lowest BCUT2D eigenvalue weighted by Gasteiger charge is -2.37. The molecule has 0 amide bonds. The number of halogens is 1. The number of hydrogen-bond acceptors (Lipinski definition) is 3. The number of benzene rings is 1. The molecule has 0 spiro atoms. The van der Waals surface area contributed by atoms with Crippen LogP contribution in [0.15, 0.2) is 30.9 Å². The third kappa shape index (κ3) is 5.22. The van der Waals surface area contributed by atoms with Crippen molar-refractivity contribution in [1.82, 2.24) is 0 Å². The molecule has 28 heavy (non-hydrogen) atoms. The molecule has 3 rings (SSSR count). The Morgan fingerprint density at radius 3 is 2.36 bits per heavy atom. The van der Waals surface area contributed by atoms with Gasteiger partial charge in [-0.05, 0) is 93.2 Å². The monoisotopic (exact) mass is 383 g/mol. The molecule has 2 aliphatic rings. The van der Waals surface area contributed by atoms with Gasteiger partial charge in [-0.1, -0.05) is 12.1 Å². The third-order valence-electron chi connectivity index (χ3n) is 6.59. The summed E-state index contributed by atoms with van der Waals surface area (Å²) in [7, 11) is 0. The van der Waals surface area contributed by atoms with Gasteiger partial charge in [0.25, 0.3) is 0 Å². The van der Waals surface area contributed by atoms with Gasteiger partial charge in [-0.15, -0.1) is 6.58 Å². The first-order valence-corrected chi connectivity index (χ1v) is 10.6. The van der Waals surface area contributed by atoms with E-state index in [0.717, 1.165) is 55.9 Å². The van der Waals surface area contributed by atoms with Gasteiger partial charge in [0.05, 0.1) is 5.56 Å². The number of esters is 1. The number of nitrogens with zero attached hydrogens (tertiary/aromatic N) is 1. The molecule has 2 saturated carbocycles. The summed E-state index contributed by atoms with van der Waals surface area (Å²) in [6.45, 7) is 3.64. The number of carbonyl (C=O) groups is 1. The Morgan fingerprint density at radius 2 is 1.79 bits per heavy atom. The van der Waals surface area contributed by atoms with Crippen molar-refractivity contribution in [2.45, 2.75) is 76.2 Å². The Balaban J connectivity index is 1.43. The van der Waals surface area contributed by atoms with Crippen LogP contribution in [0.25, 0.3) is 0 Å². The molecule has 0 saturated heterocycles. The number of hydrogen-bond donors (Lipinski definition) is 0. The summed E-state index contributed by atoms with van der Waals surface area (Å²) in [5, 5.41) is 8.88. The highest BCUT2D eigenvalue weighted by atomic mass is 19.1. The maximum Gasteiger partial charge on any atom is 0.306 e. The first-order chi connectivity index (χ1) is 13.6. The second-order valence-corrected chi connectivity index (χ2v) is 8.32. The smallest absolute Gasteiger partial charge is 0.306 e. The van der Waals surface area contributed by atoms with Crippen LogP contribution in [0.4, 0.5) is 4.39 Å². The van der Waals surface area contributed by atoms with Crippen LogP contribution in [0.1, 0.15) is 81.3 Å². The van der Waals surface area contributed by atoms with Crippen molar-refractivity contribution in [2.24, 2.45) is 11.8 Å². The minimum absolute atomic E-state index is 0.0894. The van der Waals surface area contributed by atoms with Crippen LogP contribution in [0.5, 0.6) is 0 Å². The van der Waals surface area contributed by atoms with Gasteiger partial charge in [-0.25, -0.2) is 4.39 Å². The molecular weight excluding hydrogens is 353 g/mol. The summed E-state index contributed by atoms with van der Waals surface area (Å²) in [6, 6.07) is 6.96. The van der Waals surface area contributed by atoms with Crippen LogP contribution in [0, 0.1) is 29.0 Å². The third-order valence-corrected chi connectivity index (χ3v) is 6.59. The molecular formula is C24H30FNO2. The van der Waals surface area contributed by atoms with Crippen molar-refractivity contribution in [1.29, 1.82) is 5.26 Å². The van der Waals surface area contributed by atoms with E-state index >= 15 is 0 Å². The van der Waals surface area contributed by atoms with Crippen molar-refractivity contribution in [3.8, 4) is 6.07 Å². The van der Waals surface area contributed by atoms with Crippen LogP contribution in [-0.4, -0.2) is 12.1 Å². The molecule has 0 atom stereocenters. The highest BCUT2D eigenvalue weighted by Crippen LogP contribution is 2.43. The first-order valence-electron chi connectivity index (χ1n) is 10.6. The van der Waals surface area contributed by atoms with Crippen LogP contribution in [0.2, 0.25) is 0 Å². The van der Waals surface area contributed by atoms with Gasteiger partial charge < -0.3 is 4.74 Å². The second-order valence-electron chi connectivity index (χ2n) is 8.32. The van der Waals surface area contributed by atoms with Gasteiger partial charge in [-0.2, -0.15) is 5.26 Å². The molecule has 0 unspecified atom stereocenters. The van der Waals surface area contributed by atoms with Crippen LogP contribution in [0.3, 0.4) is 0 Å². The van der Waals surface area contributed by atoms with E-state index in [2.05, 4.69) is 6.58 Å². The Labute approximate surface area is 167 Å². The zero-order valence-electron chi connectivity index (χ0n) is 16.5. The Morgan fingerprint density at radius 1 is 1.14 bits per heavy atom. The van der Waals surface area contributed by atoms with E-state index in [9.17, 15) is 9.18 Å². The van der Waals surface area contributed by atoms with Gasteiger partial charge in [0.2, 0.25) is 0 Å². The van der Waals surface area contributed by atoms with E-state index < -0.39 is 5.82 Å². The SMILES string of the molecule is C=CCCC(=O)O[C@H]1CC[C@H]([C@H]2CC[C@H](c3ccc(C#N)c(F)c3)CC2)CC1. The molecule has 2 aliphatic carbocycles. The number of rotatable bonds is 6. The molecule has 0 N–H and O–H groups in total. The maximum atomic E-state index is 13.9. The van der Waals surface area contributed by atoms with Crippen molar-refractivity contribution in [3.05, 3.63) is 47.8 Å². The molecule has 4 heteroatoms. The van der Waals surface area contributed by atoms with Crippen LogP contribution in [-0.2, 0) is 9.53 Å². The van der Waals surface area contributed by atoms with E-state index in [-0.39, 0.29) is 17.6 Å². The highest BCUT2D eigenvalue weighted by molar-refractivity contribution is 5.69. The quantitative estimate of drug-likeness (QED) is 0.444. The lowest BCUT2D eigenvalue weighted by atomic mass is 9.69. The number of carbonyl (C=O) groups excluding carboxylic acids is 1. The van der Waals surface area contributed by atoms with Crippen molar-refractivity contribution in [2.75, 3.05) is 0 Å². The van der Waals surface area contributed by atoms with Gasteiger partial charge in [-0.3, -0.25) is 4.79 Å². The summed E-state index contributed by atoms with van der Waals surface area (Å²) < 4.78 is 19.5. The Hall–Kier alpha value is -2.15. The van der Waals surface area contributed by atoms with Crippen molar-refractivity contribution >= 4 is 5.97 Å². The van der Waals surface area contributed by atoms with E-state index in [1.165, 1.54) is 12.8 Å². The van der Waals surface area contributed by atoms with E-state index in [1.54, 1.807) is 18.2 Å². The second kappa shape index (κ2) is 9.87. The topological polar surface area (TPSA) is 50.1 Å². The van der Waals surface area contributed by atoms with Crippen LogP contribution < -0.4 is 0 Å².